The predicted octanol–water partition coefficient (Wildman–Crippen LogP) is 7.56. The molecular formula is C56H63N5O13. The van der Waals surface area contributed by atoms with Crippen molar-refractivity contribution in [2.24, 2.45) is 5.92 Å². The van der Waals surface area contributed by atoms with Gasteiger partial charge in [0.1, 0.15) is 43.5 Å². The van der Waals surface area contributed by atoms with Gasteiger partial charge in [-0.2, -0.15) is 0 Å². The number of ether oxygens (including phenoxy) is 7. The molecule has 5 aromatic carbocycles. The van der Waals surface area contributed by atoms with E-state index in [9.17, 15) is 28.8 Å². The summed E-state index contributed by atoms with van der Waals surface area (Å²) in [5.41, 5.74) is 7.75. The number of methoxy groups -OCH3 is 2. The fourth-order valence-electron chi connectivity index (χ4n) is 8.81. The summed E-state index contributed by atoms with van der Waals surface area (Å²) < 4.78 is 40.8. The number of anilines is 2. The number of alkyl carbamates (subject to hydrolysis) is 1. The third kappa shape index (κ3) is 13.8. The molecule has 0 radical (unpaired) electrons. The highest BCUT2D eigenvalue weighted by atomic mass is 16.7. The first-order valence-electron chi connectivity index (χ1n) is 24.3. The van der Waals surface area contributed by atoms with E-state index in [0.717, 1.165) is 38.9 Å². The maximum Gasteiger partial charge on any atom is 0.412 e. The van der Waals surface area contributed by atoms with Gasteiger partial charge in [-0.25, -0.2) is 19.2 Å². The SMILES string of the molecule is CO[C@@H]1OC(COC(=O)[C@@H](NC(=O)[C@H](C)NC(=O)C(Cc2ccccc2)NC(=O)OCC2c3ccccc3-c3ccccc32)C(C)C)[C@@H](OC)[C@H](OC(=O)Nc2ccc(C)cc2)C1OC(=O)Nc1ccc(C)cc1. The second kappa shape index (κ2) is 25.2. The summed E-state index contributed by atoms with van der Waals surface area (Å²) in [5, 5.41) is 13.4. The second-order valence-corrected chi connectivity index (χ2v) is 18.5. The van der Waals surface area contributed by atoms with E-state index in [0.29, 0.717) is 11.4 Å². The van der Waals surface area contributed by atoms with Crippen LogP contribution in [0, 0.1) is 19.8 Å². The van der Waals surface area contributed by atoms with Crippen molar-refractivity contribution in [3.8, 4) is 11.1 Å². The first kappa shape index (κ1) is 54.0. The van der Waals surface area contributed by atoms with Gasteiger partial charge in [0.15, 0.2) is 18.5 Å². The Morgan fingerprint density at radius 3 is 1.64 bits per heavy atom. The van der Waals surface area contributed by atoms with Gasteiger partial charge in [-0.1, -0.05) is 128 Å². The van der Waals surface area contributed by atoms with Crippen molar-refractivity contribution in [1.29, 1.82) is 0 Å². The average Bonchev–Trinajstić information content (AvgIpc) is 3.71. The molecule has 1 aliphatic heterocycles. The molecule has 0 bridgehead atoms. The summed E-state index contributed by atoms with van der Waals surface area (Å²) >= 11 is 0. The minimum atomic E-state index is -1.40. The summed E-state index contributed by atoms with van der Waals surface area (Å²) in [7, 11) is 2.61. The van der Waals surface area contributed by atoms with E-state index in [1.807, 2.05) is 92.7 Å². The Kier molecular flexibility index (Phi) is 18.4. The number of esters is 1. The van der Waals surface area contributed by atoms with Gasteiger partial charge in [0.25, 0.3) is 0 Å². The smallest absolute Gasteiger partial charge is 0.412 e. The number of rotatable bonds is 19. The lowest BCUT2D eigenvalue weighted by molar-refractivity contribution is -0.295. The van der Waals surface area contributed by atoms with Crippen LogP contribution in [0.1, 0.15) is 54.5 Å². The summed E-state index contributed by atoms with van der Waals surface area (Å²) in [4.78, 5) is 81.8. The van der Waals surface area contributed by atoms with Crippen molar-refractivity contribution < 1.29 is 61.9 Å². The summed E-state index contributed by atoms with van der Waals surface area (Å²) in [5.74, 6) is -2.96. The molecular weight excluding hydrogens is 951 g/mol. The van der Waals surface area contributed by atoms with Gasteiger partial charge in [0, 0.05) is 37.9 Å². The molecule has 18 heteroatoms. The van der Waals surface area contributed by atoms with Crippen LogP contribution in [-0.2, 0) is 54.0 Å². The van der Waals surface area contributed by atoms with Crippen LogP contribution in [0.3, 0.4) is 0 Å². The van der Waals surface area contributed by atoms with E-state index in [1.165, 1.54) is 21.1 Å². The number of nitrogens with one attached hydrogen (secondary N) is 5. The highest BCUT2D eigenvalue weighted by Gasteiger charge is 2.52. The number of benzene rings is 5. The molecule has 390 valence electrons. The fraction of sp³-hybridized carbons (Fsp3) is 0.357. The Labute approximate surface area is 430 Å². The van der Waals surface area contributed by atoms with Gasteiger partial charge >= 0.3 is 24.2 Å². The lowest BCUT2D eigenvalue weighted by Crippen LogP contribution is -2.63. The molecule has 2 aliphatic rings. The highest BCUT2D eigenvalue weighted by molar-refractivity contribution is 5.93. The first-order chi connectivity index (χ1) is 35.6. The molecule has 0 spiro atoms. The topological polar surface area (TPSA) is 227 Å². The van der Waals surface area contributed by atoms with Crippen LogP contribution in [-0.4, -0.2) is 112 Å². The zero-order valence-corrected chi connectivity index (χ0v) is 42.3. The molecule has 1 heterocycles. The Balaban J connectivity index is 0.987. The molecule has 5 aromatic rings. The van der Waals surface area contributed by atoms with Crippen LogP contribution in [0.4, 0.5) is 25.8 Å². The second-order valence-electron chi connectivity index (χ2n) is 18.5. The van der Waals surface area contributed by atoms with Crippen molar-refractivity contribution >= 4 is 47.4 Å². The van der Waals surface area contributed by atoms with Crippen molar-refractivity contribution in [1.82, 2.24) is 16.0 Å². The summed E-state index contributed by atoms with van der Waals surface area (Å²) in [6.07, 6.45) is -9.06. The molecule has 1 fully saturated rings. The molecule has 7 rings (SSSR count). The number of carbonyl (C=O) groups is 6. The minimum Gasteiger partial charge on any atom is -0.461 e. The van der Waals surface area contributed by atoms with Gasteiger partial charge in [0.05, 0.1) is 0 Å². The van der Waals surface area contributed by atoms with Crippen LogP contribution >= 0.6 is 0 Å². The van der Waals surface area contributed by atoms with Crippen molar-refractivity contribution in [2.75, 3.05) is 38.1 Å². The Morgan fingerprint density at radius 1 is 0.554 bits per heavy atom. The third-order valence-corrected chi connectivity index (χ3v) is 12.8. The molecule has 5 N–H and O–H groups in total. The lowest BCUT2D eigenvalue weighted by Gasteiger charge is -2.43. The van der Waals surface area contributed by atoms with Crippen molar-refractivity contribution in [2.45, 2.75) is 95.8 Å². The largest absolute Gasteiger partial charge is 0.461 e. The fourth-order valence-corrected chi connectivity index (χ4v) is 8.81. The Hall–Kier alpha value is -7.80. The first-order valence-corrected chi connectivity index (χ1v) is 24.3. The maximum absolute atomic E-state index is 13.9. The zero-order chi connectivity index (χ0) is 52.9. The van der Waals surface area contributed by atoms with Gasteiger partial charge in [-0.15, -0.1) is 0 Å². The van der Waals surface area contributed by atoms with Crippen LogP contribution in [0.5, 0.6) is 0 Å². The van der Waals surface area contributed by atoms with Crippen LogP contribution in [0.15, 0.2) is 127 Å². The summed E-state index contributed by atoms with van der Waals surface area (Å²) in [6, 6.07) is 35.4. The van der Waals surface area contributed by atoms with Crippen LogP contribution in [0.25, 0.3) is 11.1 Å². The van der Waals surface area contributed by atoms with E-state index in [2.05, 4.69) is 26.6 Å². The van der Waals surface area contributed by atoms with E-state index < -0.39 is 97.4 Å². The van der Waals surface area contributed by atoms with Crippen molar-refractivity contribution in [3.05, 3.63) is 155 Å². The molecule has 1 aliphatic carbocycles. The number of hydrogen-bond acceptors (Lipinski definition) is 13. The standard InChI is InChI=1S/C56H63N5O13/c1-32(2)46(61-50(62)35(5)57-51(63)44(29-36-15-9-8-10-16-36)60-54(65)71-30-43-41-19-13-11-17-39(41)40-18-12-14-20-42(40)43)52(64)70-31-45-47(68-6)48(73-55(66)58-37-25-21-33(3)22-26-37)49(53(69-7)72-45)74-56(67)59-38-27-23-34(4)24-28-38/h8-28,32,35,43-49,53H,29-31H2,1-7H3,(H,57,63)(H,58,66)(H,59,67)(H,60,65)(H,61,62)/t35-,44?,45?,46-,47+,48-,49?,53+/m0/s1. The van der Waals surface area contributed by atoms with Gasteiger partial charge in [-0.3, -0.25) is 20.2 Å². The minimum absolute atomic E-state index is 0.0275. The van der Waals surface area contributed by atoms with E-state index in [1.54, 1.807) is 62.4 Å². The van der Waals surface area contributed by atoms with Gasteiger partial charge in [-0.05, 0) is 78.8 Å². The van der Waals surface area contributed by atoms with E-state index >= 15 is 0 Å². The molecule has 5 amide bonds. The average molecular weight is 1010 g/mol. The van der Waals surface area contributed by atoms with Crippen molar-refractivity contribution in [3.63, 3.8) is 0 Å². The lowest BCUT2D eigenvalue weighted by atomic mass is 9.98. The highest BCUT2D eigenvalue weighted by Crippen LogP contribution is 2.44. The maximum atomic E-state index is 13.9. The number of amides is 5. The molecule has 1 saturated heterocycles. The zero-order valence-electron chi connectivity index (χ0n) is 42.3. The number of aryl methyl sites for hydroxylation is 2. The van der Waals surface area contributed by atoms with Gasteiger partial charge in [0.2, 0.25) is 11.8 Å². The molecule has 18 nitrogen and oxygen atoms in total. The monoisotopic (exact) mass is 1010 g/mol. The normalized spacial score (nSPS) is 19.1. The molecule has 8 atom stereocenters. The number of hydrogen-bond donors (Lipinski definition) is 5. The predicted molar refractivity (Wildman–Crippen MR) is 274 cm³/mol. The van der Waals surface area contributed by atoms with E-state index in [4.69, 9.17) is 33.2 Å². The van der Waals surface area contributed by atoms with E-state index in [-0.39, 0.29) is 18.9 Å². The third-order valence-electron chi connectivity index (χ3n) is 12.8. The number of fused-ring (bicyclic) bond motifs is 3. The Bertz CT molecular complexity index is 2690. The Morgan fingerprint density at radius 2 is 1.09 bits per heavy atom. The van der Waals surface area contributed by atoms with Crippen LogP contribution in [0.2, 0.25) is 0 Å². The molecule has 3 unspecified atom stereocenters. The summed E-state index contributed by atoms with van der Waals surface area (Å²) in [6.45, 7) is 8.16. The molecule has 0 saturated carbocycles. The number of carbonyl (C=O) groups excluding carboxylic acids is 6. The van der Waals surface area contributed by atoms with Crippen LogP contribution < -0.4 is 26.6 Å². The van der Waals surface area contributed by atoms with Gasteiger partial charge < -0.3 is 49.1 Å². The molecule has 74 heavy (non-hydrogen) atoms. The quantitative estimate of drug-likeness (QED) is 0.0398. The molecule has 0 aromatic heterocycles.